The molecular weight excluding hydrogens is 298 g/mol. The molecule has 0 amide bonds. The summed E-state index contributed by atoms with van der Waals surface area (Å²) in [5.74, 6) is 1.56. The maximum absolute atomic E-state index is 5.61. The number of aromatic nitrogens is 1. The molecule has 0 radical (unpaired) electrons. The van der Waals surface area contributed by atoms with E-state index in [0.717, 1.165) is 45.6 Å². The van der Waals surface area contributed by atoms with E-state index in [0.29, 0.717) is 0 Å². The molecular formula is C21H23NO2. The second-order valence-corrected chi connectivity index (χ2v) is 6.04. The number of hydrogen-bond donors (Lipinski definition) is 0. The SMILES string of the molecule is CCc1cc2nc(-c3ccc(C)cc3C)ccc2c(OC)c1OC. The molecule has 3 aromatic rings. The zero-order chi connectivity index (χ0) is 17.3. The third-order valence-electron chi connectivity index (χ3n) is 4.43. The van der Waals surface area contributed by atoms with Crippen LogP contribution in [0.2, 0.25) is 0 Å². The lowest BCUT2D eigenvalue weighted by atomic mass is 10.0. The number of rotatable bonds is 4. The van der Waals surface area contributed by atoms with Crippen LogP contribution in [0.1, 0.15) is 23.6 Å². The Balaban J connectivity index is 2.24. The normalized spacial score (nSPS) is 10.9. The van der Waals surface area contributed by atoms with E-state index in [9.17, 15) is 0 Å². The molecule has 124 valence electrons. The van der Waals surface area contributed by atoms with Crippen LogP contribution >= 0.6 is 0 Å². The number of nitrogens with zero attached hydrogens (tertiary/aromatic N) is 1. The molecule has 0 saturated carbocycles. The maximum Gasteiger partial charge on any atom is 0.170 e. The lowest BCUT2D eigenvalue weighted by molar-refractivity contribution is 0.355. The molecule has 24 heavy (non-hydrogen) atoms. The van der Waals surface area contributed by atoms with Crippen molar-refractivity contribution in [1.29, 1.82) is 0 Å². The molecule has 0 aliphatic heterocycles. The van der Waals surface area contributed by atoms with Crippen molar-refractivity contribution >= 4 is 10.9 Å². The van der Waals surface area contributed by atoms with Gasteiger partial charge in [0.25, 0.3) is 0 Å². The number of methoxy groups -OCH3 is 2. The minimum absolute atomic E-state index is 0.756. The molecule has 0 aliphatic carbocycles. The third kappa shape index (κ3) is 2.71. The second kappa shape index (κ2) is 6.52. The van der Waals surface area contributed by atoms with E-state index in [-0.39, 0.29) is 0 Å². The topological polar surface area (TPSA) is 31.4 Å². The molecule has 0 aliphatic rings. The van der Waals surface area contributed by atoms with Gasteiger partial charge >= 0.3 is 0 Å². The first kappa shape index (κ1) is 16.3. The van der Waals surface area contributed by atoms with Gasteiger partial charge in [-0.15, -0.1) is 0 Å². The van der Waals surface area contributed by atoms with Gasteiger partial charge in [-0.1, -0.05) is 30.7 Å². The van der Waals surface area contributed by atoms with Gasteiger partial charge in [-0.25, -0.2) is 4.98 Å². The molecule has 3 nitrogen and oxygen atoms in total. The Hall–Kier alpha value is -2.55. The molecule has 3 rings (SSSR count). The average molecular weight is 321 g/mol. The molecule has 0 atom stereocenters. The zero-order valence-corrected chi connectivity index (χ0v) is 14.9. The number of ether oxygens (including phenoxy) is 2. The number of benzene rings is 2. The van der Waals surface area contributed by atoms with E-state index in [1.54, 1.807) is 14.2 Å². The summed E-state index contributed by atoms with van der Waals surface area (Å²) < 4.78 is 11.2. The van der Waals surface area contributed by atoms with Crippen molar-refractivity contribution in [2.24, 2.45) is 0 Å². The van der Waals surface area contributed by atoms with Gasteiger partial charge < -0.3 is 9.47 Å². The quantitative estimate of drug-likeness (QED) is 0.670. The van der Waals surface area contributed by atoms with Crippen molar-refractivity contribution in [3.8, 4) is 22.8 Å². The molecule has 0 bridgehead atoms. The monoisotopic (exact) mass is 321 g/mol. The van der Waals surface area contributed by atoms with Crippen LogP contribution in [0.4, 0.5) is 0 Å². The second-order valence-electron chi connectivity index (χ2n) is 6.04. The van der Waals surface area contributed by atoms with Crippen LogP contribution < -0.4 is 9.47 Å². The number of fused-ring (bicyclic) bond motifs is 1. The van der Waals surface area contributed by atoms with Gasteiger partial charge in [0.1, 0.15) is 0 Å². The minimum Gasteiger partial charge on any atom is -0.493 e. The van der Waals surface area contributed by atoms with Crippen molar-refractivity contribution < 1.29 is 9.47 Å². The van der Waals surface area contributed by atoms with E-state index >= 15 is 0 Å². The highest BCUT2D eigenvalue weighted by atomic mass is 16.5. The van der Waals surface area contributed by atoms with Crippen LogP contribution in [0.5, 0.6) is 11.5 Å². The maximum atomic E-state index is 5.61. The zero-order valence-electron chi connectivity index (χ0n) is 14.9. The largest absolute Gasteiger partial charge is 0.493 e. The van der Waals surface area contributed by atoms with Crippen LogP contribution in [-0.2, 0) is 6.42 Å². The van der Waals surface area contributed by atoms with Crippen LogP contribution in [0.25, 0.3) is 22.2 Å². The average Bonchev–Trinajstić information content (AvgIpc) is 2.59. The fraction of sp³-hybridized carbons (Fsp3) is 0.286. The van der Waals surface area contributed by atoms with Crippen molar-refractivity contribution in [2.75, 3.05) is 14.2 Å². The van der Waals surface area contributed by atoms with Gasteiger partial charge in [0.2, 0.25) is 0 Å². The van der Waals surface area contributed by atoms with Crippen LogP contribution in [-0.4, -0.2) is 19.2 Å². The molecule has 3 heteroatoms. The Morgan fingerprint density at radius 3 is 2.29 bits per heavy atom. The lowest BCUT2D eigenvalue weighted by Gasteiger charge is -2.15. The fourth-order valence-corrected chi connectivity index (χ4v) is 3.22. The summed E-state index contributed by atoms with van der Waals surface area (Å²) in [6.07, 6.45) is 0.866. The first-order chi connectivity index (χ1) is 11.6. The van der Waals surface area contributed by atoms with Crippen LogP contribution in [0.3, 0.4) is 0 Å². The Morgan fingerprint density at radius 2 is 1.67 bits per heavy atom. The first-order valence-corrected chi connectivity index (χ1v) is 8.21. The molecule has 0 unspecified atom stereocenters. The summed E-state index contributed by atoms with van der Waals surface area (Å²) in [5, 5.41) is 0.972. The van der Waals surface area contributed by atoms with E-state index in [1.165, 1.54) is 11.1 Å². The van der Waals surface area contributed by atoms with Crippen LogP contribution in [0.15, 0.2) is 36.4 Å². The van der Waals surface area contributed by atoms with Gasteiger partial charge in [0.05, 0.1) is 25.4 Å². The lowest BCUT2D eigenvalue weighted by Crippen LogP contribution is -1.98. The molecule has 0 spiro atoms. The Morgan fingerprint density at radius 1 is 0.917 bits per heavy atom. The van der Waals surface area contributed by atoms with Crippen molar-refractivity contribution in [2.45, 2.75) is 27.2 Å². The van der Waals surface area contributed by atoms with E-state index < -0.39 is 0 Å². The van der Waals surface area contributed by atoms with Gasteiger partial charge in [-0.3, -0.25) is 0 Å². The molecule has 0 N–H and O–H groups in total. The van der Waals surface area contributed by atoms with Crippen molar-refractivity contribution in [3.63, 3.8) is 0 Å². The smallest absolute Gasteiger partial charge is 0.170 e. The number of hydrogen-bond acceptors (Lipinski definition) is 3. The molecule has 0 saturated heterocycles. The summed E-state index contributed by atoms with van der Waals surface area (Å²) in [7, 11) is 3.36. The Labute approximate surface area is 143 Å². The van der Waals surface area contributed by atoms with Crippen molar-refractivity contribution in [3.05, 3.63) is 53.1 Å². The van der Waals surface area contributed by atoms with Gasteiger partial charge in [0.15, 0.2) is 11.5 Å². The molecule has 1 aromatic heterocycles. The summed E-state index contributed by atoms with van der Waals surface area (Å²) in [5.41, 5.74) is 6.67. The summed E-state index contributed by atoms with van der Waals surface area (Å²) in [6, 6.07) is 12.7. The number of pyridine rings is 1. The summed E-state index contributed by atoms with van der Waals surface area (Å²) in [4.78, 5) is 4.89. The van der Waals surface area contributed by atoms with E-state index in [1.807, 2.05) is 6.07 Å². The van der Waals surface area contributed by atoms with Gasteiger partial charge in [-0.2, -0.15) is 0 Å². The Kier molecular flexibility index (Phi) is 4.43. The standard InChI is InChI=1S/C21H23NO2/c1-6-15-12-19-17(21(24-5)20(15)23-4)9-10-18(22-19)16-8-7-13(2)11-14(16)3/h7-12H,6H2,1-5H3. The molecule has 2 aromatic carbocycles. The highest BCUT2D eigenvalue weighted by Gasteiger charge is 2.16. The Bertz CT molecular complexity index is 900. The van der Waals surface area contributed by atoms with Gasteiger partial charge in [-0.05, 0) is 49.6 Å². The third-order valence-corrected chi connectivity index (χ3v) is 4.43. The summed E-state index contributed by atoms with van der Waals surface area (Å²) >= 11 is 0. The fourth-order valence-electron chi connectivity index (χ4n) is 3.22. The molecule has 1 heterocycles. The van der Waals surface area contributed by atoms with E-state index in [2.05, 4.69) is 51.1 Å². The van der Waals surface area contributed by atoms with E-state index in [4.69, 9.17) is 14.5 Å². The summed E-state index contributed by atoms with van der Waals surface area (Å²) in [6.45, 7) is 6.34. The van der Waals surface area contributed by atoms with Gasteiger partial charge in [0, 0.05) is 10.9 Å². The highest BCUT2D eigenvalue weighted by molar-refractivity contribution is 5.91. The number of aryl methyl sites for hydroxylation is 3. The minimum atomic E-state index is 0.756. The van der Waals surface area contributed by atoms with Crippen LogP contribution in [0, 0.1) is 13.8 Å². The highest BCUT2D eigenvalue weighted by Crippen LogP contribution is 2.39. The predicted molar refractivity (Wildman–Crippen MR) is 99.1 cm³/mol. The predicted octanol–water partition coefficient (Wildman–Crippen LogP) is 5.10. The first-order valence-electron chi connectivity index (χ1n) is 8.21. The van der Waals surface area contributed by atoms with Crippen molar-refractivity contribution in [1.82, 2.24) is 4.98 Å². The molecule has 0 fully saturated rings.